The lowest BCUT2D eigenvalue weighted by Crippen LogP contribution is -2.04. The van der Waals surface area contributed by atoms with E-state index in [2.05, 4.69) is 62.7 Å². The molecule has 2 rings (SSSR count). The van der Waals surface area contributed by atoms with E-state index >= 15 is 0 Å². The van der Waals surface area contributed by atoms with Gasteiger partial charge in [0.2, 0.25) is 0 Å². The fourth-order valence-corrected chi connectivity index (χ4v) is 1.99. The molecule has 0 amide bonds. The van der Waals surface area contributed by atoms with E-state index in [1.807, 2.05) is 37.5 Å². The van der Waals surface area contributed by atoms with E-state index in [-0.39, 0.29) is 0 Å². The number of hydrazone groups is 1. The summed E-state index contributed by atoms with van der Waals surface area (Å²) in [7, 11) is 1.94. The third-order valence-corrected chi connectivity index (χ3v) is 3.33. The van der Waals surface area contributed by atoms with E-state index in [0.717, 1.165) is 17.8 Å². The van der Waals surface area contributed by atoms with E-state index < -0.39 is 0 Å². The van der Waals surface area contributed by atoms with E-state index in [4.69, 9.17) is 0 Å². The first-order valence-corrected chi connectivity index (χ1v) is 7.14. The van der Waals surface area contributed by atoms with Crippen molar-refractivity contribution in [1.29, 1.82) is 0 Å². The van der Waals surface area contributed by atoms with Gasteiger partial charge in [-0.05, 0) is 65.0 Å². The third-order valence-electron chi connectivity index (χ3n) is 2.61. The minimum absolute atomic E-state index is 0.887. The van der Waals surface area contributed by atoms with Crippen molar-refractivity contribution in [2.45, 2.75) is 6.54 Å². The minimum atomic E-state index is 0.887. The van der Waals surface area contributed by atoms with Gasteiger partial charge in [-0.25, -0.2) is 0 Å². The summed E-state index contributed by atoms with van der Waals surface area (Å²) in [6.07, 6.45) is 1.82. The lowest BCUT2D eigenvalue weighted by Gasteiger charge is -2.01. The van der Waals surface area contributed by atoms with Crippen LogP contribution in [0.1, 0.15) is 11.1 Å². The summed E-state index contributed by atoms with van der Waals surface area (Å²) in [6, 6.07) is 16.4. The molecule has 0 aromatic heterocycles. The molecule has 2 N–H and O–H groups in total. The SMILES string of the molecule is CNCc1ccc(C=NNc2ccc(I)cc2)cc1. The van der Waals surface area contributed by atoms with Gasteiger partial charge < -0.3 is 5.32 Å². The molecule has 0 radical (unpaired) electrons. The number of halogens is 1. The minimum Gasteiger partial charge on any atom is -0.316 e. The summed E-state index contributed by atoms with van der Waals surface area (Å²) < 4.78 is 1.22. The van der Waals surface area contributed by atoms with Crippen LogP contribution in [0.5, 0.6) is 0 Å². The smallest absolute Gasteiger partial charge is 0.0562 e. The van der Waals surface area contributed by atoms with Crippen LogP contribution in [0.4, 0.5) is 5.69 Å². The van der Waals surface area contributed by atoms with Gasteiger partial charge in [-0.15, -0.1) is 0 Å². The van der Waals surface area contributed by atoms with Crippen LogP contribution in [-0.2, 0) is 6.54 Å². The van der Waals surface area contributed by atoms with Crippen LogP contribution in [0.15, 0.2) is 53.6 Å². The van der Waals surface area contributed by atoms with Gasteiger partial charge in [0.25, 0.3) is 0 Å². The highest BCUT2D eigenvalue weighted by atomic mass is 127. The molecular formula is C15H16IN3. The summed E-state index contributed by atoms with van der Waals surface area (Å²) in [5, 5.41) is 7.35. The zero-order chi connectivity index (χ0) is 13.5. The van der Waals surface area contributed by atoms with Crippen molar-refractivity contribution in [3.8, 4) is 0 Å². The summed E-state index contributed by atoms with van der Waals surface area (Å²) in [5.41, 5.74) is 6.35. The molecule has 0 aliphatic carbocycles. The lowest BCUT2D eigenvalue weighted by molar-refractivity contribution is 0.818. The van der Waals surface area contributed by atoms with E-state index in [0.29, 0.717) is 0 Å². The van der Waals surface area contributed by atoms with Crippen LogP contribution >= 0.6 is 22.6 Å². The van der Waals surface area contributed by atoms with Gasteiger partial charge in [0.15, 0.2) is 0 Å². The van der Waals surface area contributed by atoms with Gasteiger partial charge in [0.05, 0.1) is 11.9 Å². The van der Waals surface area contributed by atoms with Crippen molar-refractivity contribution >= 4 is 34.5 Å². The van der Waals surface area contributed by atoms with E-state index in [1.54, 1.807) is 0 Å². The van der Waals surface area contributed by atoms with E-state index in [1.165, 1.54) is 9.13 Å². The fraction of sp³-hybridized carbons (Fsp3) is 0.133. The van der Waals surface area contributed by atoms with Crippen molar-refractivity contribution in [3.63, 3.8) is 0 Å². The van der Waals surface area contributed by atoms with Crippen LogP contribution < -0.4 is 10.7 Å². The predicted octanol–water partition coefficient (Wildman–Crippen LogP) is 3.46. The fourth-order valence-electron chi connectivity index (χ4n) is 1.63. The number of hydrogen-bond donors (Lipinski definition) is 2. The first-order valence-electron chi connectivity index (χ1n) is 6.06. The molecule has 0 aliphatic rings. The normalized spacial score (nSPS) is 10.8. The number of rotatable bonds is 5. The lowest BCUT2D eigenvalue weighted by atomic mass is 10.1. The van der Waals surface area contributed by atoms with Crippen LogP contribution in [0.3, 0.4) is 0 Å². The number of anilines is 1. The second-order valence-electron chi connectivity index (χ2n) is 4.15. The number of benzene rings is 2. The summed E-state index contributed by atoms with van der Waals surface area (Å²) in [6.45, 7) is 0.887. The molecule has 4 heteroatoms. The highest BCUT2D eigenvalue weighted by Crippen LogP contribution is 2.11. The predicted molar refractivity (Wildman–Crippen MR) is 89.6 cm³/mol. The average molecular weight is 365 g/mol. The Kier molecular flexibility index (Phi) is 5.35. The molecule has 0 saturated heterocycles. The van der Waals surface area contributed by atoms with E-state index in [9.17, 15) is 0 Å². The Bertz CT molecular complexity index is 532. The Morgan fingerprint density at radius 1 is 1.05 bits per heavy atom. The first kappa shape index (κ1) is 14.0. The molecule has 0 fully saturated rings. The molecule has 0 atom stereocenters. The number of nitrogens with one attached hydrogen (secondary N) is 2. The molecule has 0 spiro atoms. The Hall–Kier alpha value is -1.40. The molecule has 3 nitrogen and oxygen atoms in total. The van der Waals surface area contributed by atoms with Gasteiger partial charge in [-0.2, -0.15) is 5.10 Å². The van der Waals surface area contributed by atoms with Crippen LogP contribution in [0.25, 0.3) is 0 Å². The van der Waals surface area contributed by atoms with Gasteiger partial charge in [-0.3, -0.25) is 5.43 Å². The van der Waals surface area contributed by atoms with Crippen LogP contribution in [0, 0.1) is 3.57 Å². The van der Waals surface area contributed by atoms with Gasteiger partial charge in [0.1, 0.15) is 0 Å². The molecule has 2 aromatic rings. The van der Waals surface area contributed by atoms with Crippen molar-refractivity contribution in [1.82, 2.24) is 5.32 Å². The molecule has 0 aliphatic heterocycles. The summed E-state index contributed by atoms with van der Waals surface area (Å²) >= 11 is 2.28. The molecule has 0 unspecified atom stereocenters. The Morgan fingerprint density at radius 3 is 2.37 bits per heavy atom. The zero-order valence-electron chi connectivity index (χ0n) is 10.7. The Morgan fingerprint density at radius 2 is 1.74 bits per heavy atom. The number of nitrogens with zero attached hydrogens (tertiary/aromatic N) is 1. The summed E-state index contributed by atoms with van der Waals surface area (Å²) in [5.74, 6) is 0. The largest absolute Gasteiger partial charge is 0.316 e. The van der Waals surface area contributed by atoms with Crippen molar-refractivity contribution < 1.29 is 0 Å². The zero-order valence-corrected chi connectivity index (χ0v) is 12.9. The number of hydrogen-bond acceptors (Lipinski definition) is 3. The average Bonchev–Trinajstić information content (AvgIpc) is 2.43. The van der Waals surface area contributed by atoms with Crippen molar-refractivity contribution in [2.24, 2.45) is 5.10 Å². The van der Waals surface area contributed by atoms with Crippen LogP contribution in [0.2, 0.25) is 0 Å². The third kappa shape index (κ3) is 4.65. The van der Waals surface area contributed by atoms with Crippen molar-refractivity contribution in [3.05, 3.63) is 63.2 Å². The first-order chi connectivity index (χ1) is 9.28. The van der Waals surface area contributed by atoms with Gasteiger partial charge in [-0.1, -0.05) is 24.3 Å². The van der Waals surface area contributed by atoms with Gasteiger partial charge in [0, 0.05) is 10.1 Å². The molecule has 98 valence electrons. The van der Waals surface area contributed by atoms with Gasteiger partial charge >= 0.3 is 0 Å². The molecule has 2 aromatic carbocycles. The van der Waals surface area contributed by atoms with Crippen molar-refractivity contribution in [2.75, 3.05) is 12.5 Å². The molecular weight excluding hydrogens is 349 g/mol. The molecule has 19 heavy (non-hydrogen) atoms. The summed E-state index contributed by atoms with van der Waals surface area (Å²) in [4.78, 5) is 0. The standard InChI is InChI=1S/C15H16IN3/c1-17-10-12-2-4-13(5-3-12)11-18-19-15-8-6-14(16)7-9-15/h2-9,11,17,19H,10H2,1H3. The second-order valence-corrected chi connectivity index (χ2v) is 5.39. The second kappa shape index (κ2) is 7.25. The monoisotopic (exact) mass is 365 g/mol. The maximum atomic E-state index is 4.22. The Labute approximate surface area is 127 Å². The highest BCUT2D eigenvalue weighted by molar-refractivity contribution is 14.1. The van der Waals surface area contributed by atoms with Crippen LogP contribution in [-0.4, -0.2) is 13.3 Å². The topological polar surface area (TPSA) is 36.4 Å². The molecule has 0 heterocycles. The molecule has 0 saturated carbocycles. The Balaban J connectivity index is 1.93. The highest BCUT2D eigenvalue weighted by Gasteiger charge is 1.92. The molecule has 0 bridgehead atoms. The maximum absolute atomic E-state index is 4.22. The maximum Gasteiger partial charge on any atom is 0.0562 e. The quantitative estimate of drug-likeness (QED) is 0.484.